The summed E-state index contributed by atoms with van der Waals surface area (Å²) in [6.45, 7) is 23.8. The first kappa shape index (κ1) is 59.3. The average molecular weight is 951 g/mol. The Morgan fingerprint density at radius 1 is 0.701 bits per heavy atom. The van der Waals surface area contributed by atoms with Crippen molar-refractivity contribution in [2.45, 2.75) is 216 Å². The van der Waals surface area contributed by atoms with Gasteiger partial charge in [0.15, 0.2) is 5.79 Å². The van der Waals surface area contributed by atoms with Crippen molar-refractivity contribution in [1.82, 2.24) is 0 Å². The number of esters is 6. The molecule has 0 amide bonds. The molecule has 13 atom stereocenters. The van der Waals surface area contributed by atoms with Gasteiger partial charge in [0.1, 0.15) is 30.5 Å². The summed E-state index contributed by atoms with van der Waals surface area (Å²) in [4.78, 5) is 77.2. The van der Waals surface area contributed by atoms with Crippen LogP contribution in [0.5, 0.6) is 0 Å². The van der Waals surface area contributed by atoms with Gasteiger partial charge in [-0.25, -0.2) is 4.79 Å². The summed E-state index contributed by atoms with van der Waals surface area (Å²) >= 11 is 0. The minimum Gasteiger partial charge on any atom is -0.469 e. The molecule has 1 N–H and O–H groups in total. The lowest BCUT2D eigenvalue weighted by atomic mass is 9.79. The van der Waals surface area contributed by atoms with Gasteiger partial charge in [0.25, 0.3) is 0 Å². The summed E-state index contributed by atoms with van der Waals surface area (Å²) in [5.74, 6) is -5.11. The Kier molecular flexibility index (Phi) is 25.3. The van der Waals surface area contributed by atoms with Crippen molar-refractivity contribution in [3.8, 4) is 0 Å². The monoisotopic (exact) mass is 951 g/mol. The van der Waals surface area contributed by atoms with E-state index in [-0.39, 0.29) is 73.2 Å². The third-order valence-corrected chi connectivity index (χ3v) is 12.7. The molecule has 0 bridgehead atoms. The Morgan fingerprint density at radius 3 is 1.79 bits per heavy atom. The molecule has 0 aliphatic carbocycles. The quantitative estimate of drug-likeness (QED) is 0.0373. The molecule has 15 heteroatoms. The Morgan fingerprint density at radius 2 is 1.25 bits per heavy atom. The van der Waals surface area contributed by atoms with Gasteiger partial charge in [-0.05, 0) is 87.0 Å². The standard InChI is InChI=1S/C52H86O15/c1-16-44(54)63-40(21-20-36(10)51(59)61-15)38(12)50(62-39(13)53)42(64-46(56)22-30(2)3)27-37(11)49(65-47(57)23-31(4)5)43-25-34(8)29-52(67-43)28-33(7)24-41(66-52)48(58)35(9)19-17-18-32(6)26-45(55)60-14/h19-20,30-34,37-38,40-43,48-50,58H,16-18,21-29H2,1-15H3/b35-19+,36-20-/t32?,33-,34+,37?,38?,40?,41+,42?,43+,48?,49?,50?,52+/m0/s1. The molecular formula is C52H86O15. The number of carbonyl (C=O) groups is 6. The molecule has 8 unspecified atom stereocenters. The summed E-state index contributed by atoms with van der Waals surface area (Å²) in [6.07, 6.45) is 1.79. The second kappa shape index (κ2) is 28.6. The summed E-state index contributed by atoms with van der Waals surface area (Å²) in [7, 11) is 2.65. The molecule has 2 aliphatic heterocycles. The number of hydrogen-bond acceptors (Lipinski definition) is 15. The topological polar surface area (TPSA) is 196 Å². The first-order valence-electron chi connectivity index (χ1n) is 24.6. The predicted octanol–water partition coefficient (Wildman–Crippen LogP) is 8.94. The van der Waals surface area contributed by atoms with Crippen LogP contribution in [0.1, 0.15) is 167 Å². The molecule has 2 fully saturated rings. The van der Waals surface area contributed by atoms with E-state index in [0.717, 1.165) is 12.0 Å². The first-order valence-corrected chi connectivity index (χ1v) is 24.6. The fourth-order valence-corrected chi connectivity index (χ4v) is 9.32. The maximum Gasteiger partial charge on any atom is 0.333 e. The van der Waals surface area contributed by atoms with Gasteiger partial charge in [-0.3, -0.25) is 24.0 Å². The highest BCUT2D eigenvalue weighted by Gasteiger charge is 2.51. The Hall–Kier alpha value is -3.82. The van der Waals surface area contributed by atoms with E-state index in [1.165, 1.54) is 21.1 Å². The van der Waals surface area contributed by atoms with Crippen LogP contribution in [0.4, 0.5) is 0 Å². The van der Waals surface area contributed by atoms with E-state index in [9.17, 15) is 33.9 Å². The Bertz CT molecular complexity index is 1670. The van der Waals surface area contributed by atoms with Crippen LogP contribution in [-0.2, 0) is 66.7 Å². The number of allylic oxidation sites excluding steroid dienone is 1. The fraction of sp³-hybridized carbons (Fsp3) is 0.808. The zero-order valence-corrected chi connectivity index (χ0v) is 43.4. The van der Waals surface area contributed by atoms with Gasteiger partial charge in [0.05, 0.1) is 26.4 Å². The van der Waals surface area contributed by atoms with Gasteiger partial charge >= 0.3 is 35.8 Å². The summed E-state index contributed by atoms with van der Waals surface area (Å²) < 4.78 is 48.2. The number of ether oxygens (including phenoxy) is 8. The highest BCUT2D eigenvalue weighted by atomic mass is 16.7. The molecule has 0 aromatic carbocycles. The minimum absolute atomic E-state index is 0.00306. The SMILES string of the molecule is CCC(=O)OC(C/C=C(/C)C(=O)OC)C(C)C(OC(C)=O)C(CC(C)C(OC(=O)CC(C)C)[C@H]1C[C@@H](C)C[C@@]2(C[C@@H](C)C[C@H](C(O)/C(C)=C/CCC(C)CC(=O)OC)O2)O1)OC(=O)CC(C)C. The average Bonchev–Trinajstić information content (AvgIpc) is 3.23. The third kappa shape index (κ3) is 20.4. The maximum absolute atomic E-state index is 13.7. The molecule has 2 heterocycles. The zero-order chi connectivity index (χ0) is 50.8. The number of aliphatic hydroxyl groups is 1. The van der Waals surface area contributed by atoms with Crippen molar-refractivity contribution in [2.75, 3.05) is 14.2 Å². The van der Waals surface area contributed by atoms with Crippen molar-refractivity contribution < 1.29 is 71.8 Å². The predicted molar refractivity (Wildman–Crippen MR) is 252 cm³/mol. The number of hydrogen-bond donors (Lipinski definition) is 1. The van der Waals surface area contributed by atoms with Crippen LogP contribution in [0, 0.1) is 41.4 Å². The van der Waals surface area contributed by atoms with Crippen LogP contribution in [0.2, 0.25) is 0 Å². The highest BCUT2D eigenvalue weighted by molar-refractivity contribution is 5.87. The molecule has 384 valence electrons. The van der Waals surface area contributed by atoms with E-state index < -0.39 is 90.2 Å². The molecule has 2 aliphatic rings. The summed E-state index contributed by atoms with van der Waals surface area (Å²) in [5, 5.41) is 11.7. The van der Waals surface area contributed by atoms with Crippen LogP contribution in [0.3, 0.4) is 0 Å². The molecule has 0 aromatic heterocycles. The smallest absolute Gasteiger partial charge is 0.333 e. The van der Waals surface area contributed by atoms with Crippen molar-refractivity contribution in [2.24, 2.45) is 41.4 Å². The molecule has 0 radical (unpaired) electrons. The van der Waals surface area contributed by atoms with Gasteiger partial charge in [-0.1, -0.05) is 81.4 Å². The zero-order valence-electron chi connectivity index (χ0n) is 43.4. The molecule has 2 saturated heterocycles. The molecule has 2 rings (SSSR count). The lowest BCUT2D eigenvalue weighted by Crippen LogP contribution is -2.57. The van der Waals surface area contributed by atoms with E-state index in [1.807, 2.05) is 54.5 Å². The number of methoxy groups -OCH3 is 2. The second-order valence-corrected chi connectivity index (χ2v) is 20.5. The number of carbonyl (C=O) groups excluding carboxylic acids is 6. The first-order chi connectivity index (χ1) is 31.3. The molecule has 1 spiro atoms. The third-order valence-electron chi connectivity index (χ3n) is 12.7. The van der Waals surface area contributed by atoms with Gasteiger partial charge in [0.2, 0.25) is 0 Å². The van der Waals surface area contributed by atoms with E-state index >= 15 is 0 Å². The van der Waals surface area contributed by atoms with E-state index in [0.29, 0.717) is 38.5 Å². The van der Waals surface area contributed by atoms with Gasteiger partial charge < -0.3 is 43.0 Å². The number of rotatable bonds is 26. The van der Waals surface area contributed by atoms with Crippen molar-refractivity contribution in [3.63, 3.8) is 0 Å². The Balaban J connectivity index is 2.62. The van der Waals surface area contributed by atoms with Gasteiger partial charge in [-0.15, -0.1) is 0 Å². The van der Waals surface area contributed by atoms with Crippen molar-refractivity contribution in [1.29, 1.82) is 0 Å². The number of aliphatic hydroxyl groups excluding tert-OH is 1. The van der Waals surface area contributed by atoms with Crippen molar-refractivity contribution >= 4 is 35.8 Å². The maximum atomic E-state index is 13.7. The highest BCUT2D eigenvalue weighted by Crippen LogP contribution is 2.46. The normalized spacial score (nSPS) is 24.9. The minimum atomic E-state index is -1.14. The second-order valence-electron chi connectivity index (χ2n) is 20.5. The van der Waals surface area contributed by atoms with Crippen LogP contribution >= 0.6 is 0 Å². The van der Waals surface area contributed by atoms with Crippen LogP contribution in [-0.4, -0.2) is 104 Å². The fourth-order valence-electron chi connectivity index (χ4n) is 9.32. The molecule has 15 nitrogen and oxygen atoms in total. The van der Waals surface area contributed by atoms with E-state index in [4.69, 9.17) is 37.9 Å². The summed E-state index contributed by atoms with van der Waals surface area (Å²) in [5.41, 5.74) is 1.06. The van der Waals surface area contributed by atoms with Crippen LogP contribution in [0.15, 0.2) is 23.3 Å². The molecule has 0 aromatic rings. The van der Waals surface area contributed by atoms with Crippen molar-refractivity contribution in [3.05, 3.63) is 23.3 Å². The van der Waals surface area contributed by atoms with Gasteiger partial charge in [-0.2, -0.15) is 0 Å². The van der Waals surface area contributed by atoms with Crippen LogP contribution in [0.25, 0.3) is 0 Å². The lowest BCUT2D eigenvalue weighted by Gasteiger charge is -2.52. The Labute approximate surface area is 401 Å². The largest absolute Gasteiger partial charge is 0.469 e. The van der Waals surface area contributed by atoms with E-state index in [2.05, 4.69) is 13.8 Å². The molecule has 67 heavy (non-hydrogen) atoms. The summed E-state index contributed by atoms with van der Waals surface area (Å²) in [6, 6.07) is 0. The molecular weight excluding hydrogens is 865 g/mol. The molecule has 0 saturated carbocycles. The van der Waals surface area contributed by atoms with Gasteiger partial charge in [0, 0.05) is 63.4 Å². The lowest BCUT2D eigenvalue weighted by molar-refractivity contribution is -0.347. The van der Waals surface area contributed by atoms with Crippen LogP contribution < -0.4 is 0 Å². The van der Waals surface area contributed by atoms with E-state index in [1.54, 1.807) is 26.8 Å².